The van der Waals surface area contributed by atoms with Crippen molar-refractivity contribution in [2.75, 3.05) is 76.6 Å². The molecule has 29 heteroatoms. The third kappa shape index (κ3) is 20.7. The number of nitrogens with one attached hydrogen (secondary N) is 4. The van der Waals surface area contributed by atoms with Gasteiger partial charge in [0.1, 0.15) is 17.2 Å². The Morgan fingerprint density at radius 3 is 1.32 bits per heavy atom. The zero-order valence-corrected chi connectivity index (χ0v) is 77.3. The van der Waals surface area contributed by atoms with Crippen molar-refractivity contribution in [3.05, 3.63) is 134 Å². The average Bonchev–Trinajstić information content (AvgIpc) is 1.77. The molecule has 12 aromatic rings. The number of fused-ring (bicyclic) bond motifs is 2. The van der Waals surface area contributed by atoms with Crippen molar-refractivity contribution in [2.45, 2.75) is 231 Å². The smallest absolute Gasteiger partial charge is 0.224 e. The average molecular weight is 1690 g/mol. The highest BCUT2D eigenvalue weighted by molar-refractivity contribution is 7.19. The van der Waals surface area contributed by atoms with Crippen LogP contribution >= 0.6 is 45.3 Å². The van der Waals surface area contributed by atoms with Gasteiger partial charge < -0.3 is 54.9 Å². The van der Waals surface area contributed by atoms with Crippen molar-refractivity contribution in [1.29, 1.82) is 0 Å². The number of methoxy groups -OCH3 is 4. The van der Waals surface area contributed by atoms with Crippen molar-refractivity contribution < 1.29 is 18.9 Å². The zero-order valence-electron chi connectivity index (χ0n) is 74.0. The Morgan fingerprint density at radius 1 is 0.420 bits per heavy atom. The van der Waals surface area contributed by atoms with E-state index in [1.807, 2.05) is 84.9 Å². The maximum Gasteiger partial charge on any atom is 0.224 e. The summed E-state index contributed by atoms with van der Waals surface area (Å²) in [6, 6.07) is 38.3. The molecule has 4 aliphatic heterocycles. The normalized spacial score (nSPS) is 18.6. The van der Waals surface area contributed by atoms with Crippen LogP contribution < -0.4 is 54.9 Å². The second-order valence-electron chi connectivity index (χ2n) is 37.5. The van der Waals surface area contributed by atoms with Gasteiger partial charge >= 0.3 is 0 Å². The molecule has 0 spiro atoms. The van der Waals surface area contributed by atoms with Gasteiger partial charge in [-0.1, -0.05) is 93.9 Å². The molecule has 634 valence electrons. The third-order valence-electron chi connectivity index (χ3n) is 23.4. The molecule has 0 saturated carbocycles. The number of pyridine rings is 1. The Morgan fingerprint density at radius 2 is 0.849 bits per heavy atom. The topological polar surface area (TPSA) is 250 Å². The van der Waals surface area contributed by atoms with Gasteiger partial charge in [0.05, 0.1) is 68.1 Å². The zero-order chi connectivity index (χ0) is 85.5. The molecule has 11 heterocycles. The number of para-hydroxylation sites is 1. The molecule has 25 nitrogen and oxygen atoms in total. The standard InChI is InChI=1S/C23H32N6OS.C23H30N4OS.C22H30N6OS.C22H29N5OS/c1-22(2)11-17(12-23(3,4)27-22)29(6)21-26-25-20(31-21)18-9-8-15(10-19(18)30-7)16-13-24-28(5)14-16;1-22(2)13-17(14-23(3,4)26-22)27(5)21-25-24-20(29-21)18-11-15-9-7-8-10-16(15)12-19(18)28-6;1-21(2)13-15(14-22(3,4)27(21)5)24-20-26-25-19(30-20)17-9-8-16(12-18(17)29-6)28-11-7-10-23-28;1-21(2)12-15(13-22(3,4)26-21)27(5)20-25-24-19(29-20)16-11-14-9-7-8-10-17(14)23-18(16)28-6/h8-10,13-14,17,27H,11-12H2,1-7H3;7-12,17,26H,13-14H2,1-6H3;7-12,15H,13-14H2,1-6H3,(H,24,26);7-11,15,26H,12-13H2,1-6H3. The molecule has 0 bridgehead atoms. The lowest BCUT2D eigenvalue weighted by atomic mass is 9.77. The summed E-state index contributed by atoms with van der Waals surface area (Å²) < 4.78 is 26.2. The maximum atomic E-state index is 5.70. The van der Waals surface area contributed by atoms with Crippen molar-refractivity contribution in [3.8, 4) is 82.2 Å². The van der Waals surface area contributed by atoms with Crippen molar-refractivity contribution >= 4 is 87.5 Å². The lowest BCUT2D eigenvalue weighted by Crippen LogP contribution is -2.61. The van der Waals surface area contributed by atoms with Crippen LogP contribution in [-0.2, 0) is 7.05 Å². The van der Waals surface area contributed by atoms with E-state index in [0.717, 1.165) is 165 Å². The summed E-state index contributed by atoms with van der Waals surface area (Å²) >= 11 is 6.39. The van der Waals surface area contributed by atoms with E-state index in [-0.39, 0.29) is 44.3 Å². The molecule has 4 fully saturated rings. The fraction of sp³-hybridized carbons (Fsp3) is 0.500. The third-order valence-corrected chi connectivity index (χ3v) is 27.5. The Kier molecular flexibility index (Phi) is 25.5. The lowest BCUT2D eigenvalue weighted by Gasteiger charge is -2.53. The Hall–Kier alpha value is -9.33. The second kappa shape index (κ2) is 34.7. The molecule has 0 unspecified atom stereocenters. The van der Waals surface area contributed by atoms with Crippen molar-refractivity contribution in [1.82, 2.24) is 86.2 Å². The molecular formula is C90H121N21O4S4. The van der Waals surface area contributed by atoms with Crippen LogP contribution in [0.1, 0.15) is 162 Å². The van der Waals surface area contributed by atoms with Crippen LogP contribution in [0, 0.1) is 0 Å². The summed E-state index contributed by atoms with van der Waals surface area (Å²) in [6.07, 6.45) is 16.0. The first-order valence-corrected chi connectivity index (χ1v) is 44.2. The highest BCUT2D eigenvalue weighted by atomic mass is 32.1. The van der Waals surface area contributed by atoms with Gasteiger partial charge in [-0.25, -0.2) is 9.67 Å². The van der Waals surface area contributed by atoms with Crippen molar-refractivity contribution in [2.24, 2.45) is 7.05 Å². The number of anilines is 4. The number of ether oxygens (including phenoxy) is 4. The molecule has 7 aromatic heterocycles. The SMILES string of the molecule is COc1cc(-c2cnn(C)c2)ccc1-c1nnc(N(C)C2CC(C)(C)NC(C)(C)C2)s1.COc1cc(-n2cccn2)ccc1-c1nnc(NC2CC(C)(C)N(C)C(C)(C)C2)s1.COc1cc2ccccc2cc1-c1nnc(N(C)C2CC(C)(C)NC(C)(C)C2)s1.COc1nc2ccccc2cc1-c1nnc(N(C)C2CC(C)(C)NC(C)(C)C2)s1. The number of piperidine rings is 4. The number of likely N-dealkylation sites (tertiary alicyclic amines) is 1. The minimum atomic E-state index is 0.0829. The Balaban J connectivity index is 0.000000137. The fourth-order valence-electron chi connectivity index (χ4n) is 18.5. The van der Waals surface area contributed by atoms with Gasteiger partial charge in [-0.05, 0) is 240 Å². The molecule has 0 aliphatic carbocycles. The first kappa shape index (κ1) is 87.5. The van der Waals surface area contributed by atoms with Crippen molar-refractivity contribution in [3.63, 3.8) is 0 Å². The minimum absolute atomic E-state index is 0.0829. The van der Waals surface area contributed by atoms with Crippen LogP contribution in [0.2, 0.25) is 0 Å². The first-order valence-electron chi connectivity index (χ1n) is 40.9. The molecule has 4 saturated heterocycles. The van der Waals surface area contributed by atoms with E-state index in [4.69, 9.17) is 18.9 Å². The summed E-state index contributed by atoms with van der Waals surface area (Å²) in [5.41, 5.74) is 8.51. The van der Waals surface area contributed by atoms with Gasteiger partial charge in [-0.3, -0.25) is 9.58 Å². The molecule has 5 aromatic carbocycles. The second-order valence-corrected chi connectivity index (χ2v) is 41.3. The molecule has 0 atom stereocenters. The number of benzene rings is 5. The van der Waals surface area contributed by atoms with Gasteiger partial charge in [0.15, 0.2) is 20.0 Å². The molecule has 4 aliphatic rings. The summed E-state index contributed by atoms with van der Waals surface area (Å²) in [4.78, 5) is 14.0. The fourth-order valence-corrected chi connectivity index (χ4v) is 22.1. The first-order chi connectivity index (χ1) is 56.1. The van der Waals surface area contributed by atoms with Crippen LogP contribution in [0.3, 0.4) is 0 Å². The molecule has 4 N–H and O–H groups in total. The highest BCUT2D eigenvalue weighted by Gasteiger charge is 2.45. The van der Waals surface area contributed by atoms with E-state index < -0.39 is 0 Å². The number of aryl methyl sites for hydroxylation is 1. The Labute approximate surface area is 718 Å². The number of rotatable bonds is 18. The van der Waals surface area contributed by atoms with E-state index in [2.05, 4.69) is 290 Å². The number of aromatic nitrogens is 13. The van der Waals surface area contributed by atoms with Crippen LogP contribution in [0.25, 0.3) is 80.8 Å². The maximum absolute atomic E-state index is 5.70. The Bertz CT molecular complexity index is 5230. The predicted octanol–water partition coefficient (Wildman–Crippen LogP) is 18.4. The molecule has 0 amide bonds. The molecule has 16 rings (SSSR count). The van der Waals surface area contributed by atoms with Crippen LogP contribution in [0.4, 0.5) is 20.5 Å². The largest absolute Gasteiger partial charge is 0.496 e. The highest BCUT2D eigenvalue weighted by Crippen LogP contribution is 2.46. The molecule has 119 heavy (non-hydrogen) atoms. The van der Waals surface area contributed by atoms with E-state index >= 15 is 0 Å². The quantitative estimate of drug-likeness (QED) is 0.0623. The predicted molar refractivity (Wildman–Crippen MR) is 490 cm³/mol. The minimum Gasteiger partial charge on any atom is -0.496 e. The van der Waals surface area contributed by atoms with Gasteiger partial charge in [0.2, 0.25) is 26.4 Å². The van der Waals surface area contributed by atoms with Gasteiger partial charge in [-0.2, -0.15) is 10.2 Å². The summed E-state index contributed by atoms with van der Waals surface area (Å²) in [7, 11) is 17.3. The lowest BCUT2D eigenvalue weighted by molar-refractivity contribution is -0.00769. The van der Waals surface area contributed by atoms with Gasteiger partial charge in [0.25, 0.3) is 0 Å². The van der Waals surface area contributed by atoms with E-state index in [1.54, 1.807) is 84.7 Å². The van der Waals surface area contributed by atoms with Crippen LogP contribution in [0.5, 0.6) is 23.1 Å². The number of nitrogens with zero attached hydrogens (tertiary/aromatic N) is 17. The van der Waals surface area contributed by atoms with Gasteiger partial charge in [-0.15, -0.1) is 40.8 Å². The van der Waals surface area contributed by atoms with E-state index in [0.29, 0.717) is 30.0 Å². The summed E-state index contributed by atoms with van der Waals surface area (Å²) in [5.74, 6) is 2.96. The monoisotopic (exact) mass is 1690 g/mol. The van der Waals surface area contributed by atoms with Gasteiger partial charge in [0, 0.05) is 132 Å². The number of hydrogen-bond donors (Lipinski definition) is 4. The van der Waals surface area contributed by atoms with E-state index in [1.165, 1.54) is 5.39 Å². The summed E-state index contributed by atoms with van der Waals surface area (Å²) in [6.45, 7) is 36.5. The summed E-state index contributed by atoms with van der Waals surface area (Å²) in [5, 5.41) is 69.9. The van der Waals surface area contributed by atoms with E-state index in [9.17, 15) is 0 Å². The van der Waals surface area contributed by atoms with Crippen LogP contribution in [-0.4, -0.2) is 195 Å². The molecule has 0 radical (unpaired) electrons. The molecular weight excluding hydrogens is 1570 g/mol. The van der Waals surface area contributed by atoms with Crippen LogP contribution in [0.15, 0.2) is 134 Å². The number of hydrogen-bond acceptors (Lipinski definition) is 27.